The summed E-state index contributed by atoms with van der Waals surface area (Å²) in [6.07, 6.45) is 0. The third kappa shape index (κ3) is 5.37. The Morgan fingerprint density at radius 1 is 0.295 bits per heavy atom. The van der Waals surface area contributed by atoms with E-state index in [1.54, 1.807) is 0 Å². The lowest BCUT2D eigenvalue weighted by Crippen LogP contribution is -2.14. The number of anilines is 4. The van der Waals surface area contributed by atoms with Crippen LogP contribution < -0.4 is 10.6 Å². The maximum Gasteiger partial charge on any atom is 0.0691 e. The van der Waals surface area contributed by atoms with Crippen LogP contribution in [0.15, 0.2) is 182 Å². The van der Waals surface area contributed by atoms with E-state index in [4.69, 9.17) is 5.73 Å². The second-order valence-electron chi connectivity index (χ2n) is 10.8. The van der Waals surface area contributed by atoms with Gasteiger partial charge in [0.05, 0.1) is 22.7 Å². The van der Waals surface area contributed by atoms with E-state index >= 15 is 0 Å². The fraction of sp³-hybridized carbons (Fsp3) is 0. The molecule has 0 atom stereocenters. The van der Waals surface area contributed by atoms with Crippen molar-refractivity contribution in [2.24, 2.45) is 0 Å². The number of hydrogen-bond acceptors (Lipinski definition) is 2. The van der Waals surface area contributed by atoms with Crippen molar-refractivity contribution in [3.05, 3.63) is 182 Å². The summed E-state index contributed by atoms with van der Waals surface area (Å²) in [6, 6.07) is 63.9. The van der Waals surface area contributed by atoms with Crippen LogP contribution in [0, 0.1) is 0 Å². The normalized spacial score (nSPS) is 10.8. The van der Waals surface area contributed by atoms with Gasteiger partial charge in [-0.1, -0.05) is 146 Å². The largest absolute Gasteiger partial charge is 0.397 e. The molecule has 0 aliphatic carbocycles. The van der Waals surface area contributed by atoms with Crippen LogP contribution in [-0.2, 0) is 0 Å². The molecule has 2 N–H and O–H groups in total. The van der Waals surface area contributed by atoms with Gasteiger partial charge in [-0.25, -0.2) is 0 Å². The molecule has 0 aromatic heterocycles. The highest BCUT2D eigenvalue weighted by Crippen LogP contribution is 2.48. The Kier molecular flexibility index (Phi) is 7.47. The monoisotopic (exact) mass is 564 g/mol. The molecule has 0 saturated heterocycles. The number of nitrogens with two attached hydrogens (primary N) is 1. The molecule has 0 heterocycles. The van der Waals surface area contributed by atoms with Crippen molar-refractivity contribution in [1.82, 2.24) is 0 Å². The summed E-state index contributed by atoms with van der Waals surface area (Å²) in [4.78, 5) is 2.32. The fourth-order valence-electron chi connectivity index (χ4n) is 5.86. The van der Waals surface area contributed by atoms with Crippen molar-refractivity contribution in [3.63, 3.8) is 0 Å². The van der Waals surface area contributed by atoms with Gasteiger partial charge in [-0.3, -0.25) is 0 Å². The zero-order valence-corrected chi connectivity index (χ0v) is 24.3. The van der Waals surface area contributed by atoms with E-state index in [0.29, 0.717) is 5.69 Å². The first-order valence-electron chi connectivity index (χ1n) is 14.9. The molecular formula is C42H32N2. The van der Waals surface area contributed by atoms with Gasteiger partial charge in [0.25, 0.3) is 0 Å². The predicted octanol–water partition coefficient (Wildman–Crippen LogP) is 11.4. The topological polar surface area (TPSA) is 29.3 Å². The lowest BCUT2D eigenvalue weighted by Gasteiger charge is -2.31. The summed E-state index contributed by atoms with van der Waals surface area (Å²) >= 11 is 0. The molecular weight excluding hydrogens is 532 g/mol. The molecule has 7 aromatic rings. The van der Waals surface area contributed by atoms with Gasteiger partial charge in [0.2, 0.25) is 0 Å². The van der Waals surface area contributed by atoms with Gasteiger partial charge in [0.15, 0.2) is 0 Å². The lowest BCUT2D eigenvalue weighted by atomic mass is 9.94. The minimum absolute atomic E-state index is 0.713. The SMILES string of the molecule is Nc1ccccc1N(c1ccc(-c2ccccc2)cc1-c1ccccc1)c1ccc(-c2ccccc2)cc1-c1ccccc1. The number of rotatable bonds is 7. The summed E-state index contributed by atoms with van der Waals surface area (Å²) in [5.41, 5.74) is 19.7. The van der Waals surface area contributed by atoms with Gasteiger partial charge in [-0.05, 0) is 69.8 Å². The molecule has 7 aromatic carbocycles. The van der Waals surface area contributed by atoms with Crippen LogP contribution in [-0.4, -0.2) is 0 Å². The van der Waals surface area contributed by atoms with Crippen LogP contribution in [0.1, 0.15) is 0 Å². The summed E-state index contributed by atoms with van der Waals surface area (Å²) in [6.45, 7) is 0. The molecule has 44 heavy (non-hydrogen) atoms. The predicted molar refractivity (Wildman–Crippen MR) is 187 cm³/mol. The number of nitrogen functional groups attached to an aromatic ring is 1. The van der Waals surface area contributed by atoms with E-state index in [0.717, 1.165) is 50.4 Å². The minimum atomic E-state index is 0.713. The molecule has 0 bridgehead atoms. The van der Waals surface area contributed by atoms with Gasteiger partial charge in [0, 0.05) is 11.1 Å². The van der Waals surface area contributed by atoms with Crippen LogP contribution in [0.3, 0.4) is 0 Å². The van der Waals surface area contributed by atoms with E-state index in [2.05, 4.69) is 175 Å². The van der Waals surface area contributed by atoms with E-state index in [9.17, 15) is 0 Å². The van der Waals surface area contributed by atoms with Crippen LogP contribution in [0.4, 0.5) is 22.7 Å². The van der Waals surface area contributed by atoms with Gasteiger partial charge in [0.1, 0.15) is 0 Å². The first-order valence-corrected chi connectivity index (χ1v) is 14.9. The Labute approximate surface area is 259 Å². The van der Waals surface area contributed by atoms with Crippen LogP contribution >= 0.6 is 0 Å². The smallest absolute Gasteiger partial charge is 0.0691 e. The second-order valence-corrected chi connectivity index (χ2v) is 10.8. The average Bonchev–Trinajstić information content (AvgIpc) is 3.11. The maximum absolute atomic E-state index is 6.77. The highest BCUT2D eigenvalue weighted by atomic mass is 15.2. The van der Waals surface area contributed by atoms with Crippen molar-refractivity contribution in [3.8, 4) is 44.5 Å². The Hall–Kier alpha value is -5.86. The molecule has 0 amide bonds. The van der Waals surface area contributed by atoms with Crippen LogP contribution in [0.25, 0.3) is 44.5 Å². The van der Waals surface area contributed by atoms with Gasteiger partial charge >= 0.3 is 0 Å². The van der Waals surface area contributed by atoms with E-state index < -0.39 is 0 Å². The van der Waals surface area contributed by atoms with Crippen molar-refractivity contribution in [1.29, 1.82) is 0 Å². The Morgan fingerprint density at radius 2 is 0.659 bits per heavy atom. The first kappa shape index (κ1) is 27.0. The van der Waals surface area contributed by atoms with E-state index in [1.807, 2.05) is 12.1 Å². The molecule has 0 aliphatic rings. The molecule has 0 unspecified atom stereocenters. The van der Waals surface area contributed by atoms with Crippen molar-refractivity contribution < 1.29 is 0 Å². The molecule has 2 nitrogen and oxygen atoms in total. The Morgan fingerprint density at radius 3 is 1.07 bits per heavy atom. The maximum atomic E-state index is 6.77. The quantitative estimate of drug-likeness (QED) is 0.195. The van der Waals surface area contributed by atoms with Crippen molar-refractivity contribution >= 4 is 22.7 Å². The minimum Gasteiger partial charge on any atom is -0.397 e. The van der Waals surface area contributed by atoms with E-state index in [-0.39, 0.29) is 0 Å². The molecule has 0 aliphatic heterocycles. The third-order valence-electron chi connectivity index (χ3n) is 8.04. The Balaban J connectivity index is 1.52. The molecule has 7 rings (SSSR count). The number of hydrogen-bond donors (Lipinski definition) is 1. The van der Waals surface area contributed by atoms with Crippen molar-refractivity contribution in [2.75, 3.05) is 10.6 Å². The van der Waals surface area contributed by atoms with Crippen LogP contribution in [0.5, 0.6) is 0 Å². The zero-order chi connectivity index (χ0) is 29.7. The number of para-hydroxylation sites is 2. The Bertz CT molecular complexity index is 1870. The highest BCUT2D eigenvalue weighted by molar-refractivity contribution is 5.98. The summed E-state index contributed by atoms with van der Waals surface area (Å²) in [5, 5.41) is 0. The van der Waals surface area contributed by atoms with Crippen molar-refractivity contribution in [2.45, 2.75) is 0 Å². The number of benzene rings is 7. The summed E-state index contributed by atoms with van der Waals surface area (Å²) < 4.78 is 0. The molecule has 2 heteroatoms. The average molecular weight is 565 g/mol. The van der Waals surface area contributed by atoms with E-state index in [1.165, 1.54) is 11.1 Å². The molecule has 0 radical (unpaired) electrons. The molecule has 0 saturated carbocycles. The molecule has 0 spiro atoms. The zero-order valence-electron chi connectivity index (χ0n) is 24.3. The van der Waals surface area contributed by atoms with Gasteiger partial charge in [-0.2, -0.15) is 0 Å². The standard InChI is InChI=1S/C42H32N2/c43-39-23-13-14-24-42(39)44(40-27-25-35(31-15-5-1-6-16-31)29-37(40)33-19-9-3-10-20-33)41-28-26-36(32-17-7-2-8-18-32)30-38(41)34-21-11-4-12-22-34/h1-30H,43H2. The fourth-order valence-corrected chi connectivity index (χ4v) is 5.86. The van der Waals surface area contributed by atoms with Crippen LogP contribution in [0.2, 0.25) is 0 Å². The third-order valence-corrected chi connectivity index (χ3v) is 8.04. The molecule has 210 valence electrons. The summed E-state index contributed by atoms with van der Waals surface area (Å²) in [5.74, 6) is 0. The number of nitrogens with zero attached hydrogens (tertiary/aromatic N) is 1. The lowest BCUT2D eigenvalue weighted by molar-refractivity contribution is 1.28. The van der Waals surface area contributed by atoms with Gasteiger partial charge < -0.3 is 10.6 Å². The van der Waals surface area contributed by atoms with Gasteiger partial charge in [-0.15, -0.1) is 0 Å². The summed E-state index contributed by atoms with van der Waals surface area (Å²) in [7, 11) is 0. The first-order chi connectivity index (χ1) is 21.8. The second kappa shape index (κ2) is 12.2. The molecule has 0 fully saturated rings. The highest BCUT2D eigenvalue weighted by Gasteiger charge is 2.23.